The van der Waals surface area contributed by atoms with Crippen molar-refractivity contribution in [2.24, 2.45) is 0 Å². The molecule has 4 rings (SSSR count). The zero-order chi connectivity index (χ0) is 29.0. The van der Waals surface area contributed by atoms with Gasteiger partial charge in [0.05, 0.1) is 23.7 Å². The Hall–Kier alpha value is -4.13. The lowest BCUT2D eigenvalue weighted by molar-refractivity contribution is 0.0285. The minimum absolute atomic E-state index is 0.348. The van der Waals surface area contributed by atoms with Crippen molar-refractivity contribution in [1.82, 2.24) is 14.5 Å². The van der Waals surface area contributed by atoms with Crippen molar-refractivity contribution < 1.29 is 19.1 Å². The first-order valence-corrected chi connectivity index (χ1v) is 13.7. The number of carbonyl (C=O) groups excluding carboxylic acids is 2. The average molecular weight is 542 g/mol. The topological polar surface area (TPSA) is 73.7 Å². The van der Waals surface area contributed by atoms with Gasteiger partial charge in [-0.2, -0.15) is 0 Å². The molecule has 0 fully saturated rings. The van der Waals surface area contributed by atoms with Crippen molar-refractivity contribution in [3.05, 3.63) is 88.7 Å². The van der Waals surface area contributed by atoms with Crippen molar-refractivity contribution in [2.45, 2.75) is 66.2 Å². The van der Waals surface area contributed by atoms with Crippen LogP contribution in [0.3, 0.4) is 0 Å². The van der Waals surface area contributed by atoms with Gasteiger partial charge < -0.3 is 18.9 Å². The summed E-state index contributed by atoms with van der Waals surface area (Å²) in [7, 11) is 3.15. The maximum atomic E-state index is 12.6. The highest BCUT2D eigenvalue weighted by Gasteiger charge is 2.21. The molecule has 0 spiro atoms. The number of carbonyl (C=O) groups is 2. The lowest BCUT2D eigenvalue weighted by Crippen LogP contribution is -2.33. The van der Waals surface area contributed by atoms with Gasteiger partial charge in [0.1, 0.15) is 11.4 Å². The molecule has 0 saturated carbocycles. The summed E-state index contributed by atoms with van der Waals surface area (Å²) in [5, 5.41) is 0. The number of methoxy groups -OCH3 is 1. The zero-order valence-electron chi connectivity index (χ0n) is 24.6. The Bertz CT molecular complexity index is 1510. The predicted molar refractivity (Wildman–Crippen MR) is 158 cm³/mol. The van der Waals surface area contributed by atoms with Gasteiger partial charge in [0.15, 0.2) is 0 Å². The predicted octanol–water partition coefficient (Wildman–Crippen LogP) is 7.17. The molecule has 210 valence electrons. The van der Waals surface area contributed by atoms with Crippen LogP contribution in [0, 0.1) is 6.92 Å². The Kier molecular flexibility index (Phi) is 8.62. The summed E-state index contributed by atoms with van der Waals surface area (Å²) >= 11 is 0. The molecule has 0 N–H and O–H groups in total. The van der Waals surface area contributed by atoms with E-state index in [9.17, 15) is 9.59 Å². The van der Waals surface area contributed by atoms with Crippen LogP contribution in [0.25, 0.3) is 22.2 Å². The van der Waals surface area contributed by atoms with E-state index in [4.69, 9.17) is 14.5 Å². The van der Waals surface area contributed by atoms with Crippen molar-refractivity contribution in [3.8, 4) is 11.1 Å². The van der Waals surface area contributed by atoms with Gasteiger partial charge in [-0.3, -0.25) is 0 Å². The van der Waals surface area contributed by atoms with E-state index in [1.165, 1.54) is 7.11 Å². The van der Waals surface area contributed by atoms with E-state index < -0.39 is 5.60 Å². The first-order valence-electron chi connectivity index (χ1n) is 13.7. The summed E-state index contributed by atoms with van der Waals surface area (Å²) in [5.41, 5.74) is 7.07. The molecule has 7 heteroatoms. The summed E-state index contributed by atoms with van der Waals surface area (Å²) in [6.07, 6.45) is 1.51. The molecule has 3 aromatic carbocycles. The Labute approximate surface area is 236 Å². The second-order valence-corrected chi connectivity index (χ2v) is 11.2. The van der Waals surface area contributed by atoms with Crippen LogP contribution >= 0.6 is 0 Å². The summed E-state index contributed by atoms with van der Waals surface area (Å²) in [5.74, 6) is 0.690. The molecule has 1 amide bonds. The highest BCUT2D eigenvalue weighted by Crippen LogP contribution is 2.28. The molecule has 0 aliphatic carbocycles. The number of rotatable bonds is 8. The molecule has 40 heavy (non-hydrogen) atoms. The van der Waals surface area contributed by atoms with Gasteiger partial charge in [-0.15, -0.1) is 0 Å². The molecule has 0 aliphatic heterocycles. The summed E-state index contributed by atoms with van der Waals surface area (Å²) in [6, 6.07) is 20.0. The molecule has 0 atom stereocenters. The molecular weight excluding hydrogens is 502 g/mol. The van der Waals surface area contributed by atoms with Gasteiger partial charge >= 0.3 is 12.1 Å². The van der Waals surface area contributed by atoms with E-state index in [2.05, 4.69) is 42.7 Å². The van der Waals surface area contributed by atoms with Crippen LogP contribution in [0.5, 0.6) is 0 Å². The summed E-state index contributed by atoms with van der Waals surface area (Å²) < 4.78 is 12.8. The normalized spacial score (nSPS) is 11.5. The SMILES string of the molecule is CCCc1nc2c(C)cc(CN(C)C(=O)OC(C)(C)C)cc2n1Cc1ccc(-c2ccccc2C(=O)OC)cc1. The lowest BCUT2D eigenvalue weighted by Gasteiger charge is -2.24. The fourth-order valence-corrected chi connectivity index (χ4v) is 4.87. The number of aromatic nitrogens is 2. The van der Waals surface area contributed by atoms with Crippen LogP contribution in [-0.4, -0.2) is 46.3 Å². The van der Waals surface area contributed by atoms with Gasteiger partial charge in [0.2, 0.25) is 0 Å². The Balaban J connectivity index is 1.66. The summed E-state index contributed by atoms with van der Waals surface area (Å²) in [6.45, 7) is 10.9. The first-order chi connectivity index (χ1) is 19.0. The van der Waals surface area contributed by atoms with Gasteiger partial charge in [-0.05, 0) is 74.1 Å². The number of amides is 1. The standard InChI is InChI=1S/C33H39N3O4/c1-8-11-29-34-30-22(2)18-24(20-35(6)32(38)40-33(3,4)5)19-28(30)36(29)21-23-14-16-25(17-15-23)26-12-9-10-13-27(26)31(37)39-7/h9-10,12-19H,8,11,20-21H2,1-7H3. The number of nitrogens with zero attached hydrogens (tertiary/aromatic N) is 3. The zero-order valence-corrected chi connectivity index (χ0v) is 24.6. The third-order valence-electron chi connectivity index (χ3n) is 6.72. The van der Waals surface area contributed by atoms with Crippen LogP contribution < -0.4 is 0 Å². The second-order valence-electron chi connectivity index (χ2n) is 11.2. The minimum atomic E-state index is -0.546. The lowest BCUT2D eigenvalue weighted by atomic mass is 9.98. The quantitative estimate of drug-likeness (QED) is 0.221. The smallest absolute Gasteiger partial charge is 0.410 e. The van der Waals surface area contributed by atoms with Gasteiger partial charge in [0, 0.05) is 26.6 Å². The number of ether oxygens (including phenoxy) is 2. The fourth-order valence-electron chi connectivity index (χ4n) is 4.87. The Morgan fingerprint density at radius 3 is 2.35 bits per heavy atom. The minimum Gasteiger partial charge on any atom is -0.465 e. The van der Waals surface area contributed by atoms with E-state index in [1.54, 1.807) is 18.0 Å². The average Bonchev–Trinajstić information content (AvgIpc) is 3.25. The van der Waals surface area contributed by atoms with Crippen LogP contribution in [0.1, 0.15) is 67.0 Å². The number of benzene rings is 3. The molecule has 0 unspecified atom stereocenters. The van der Waals surface area contributed by atoms with Crippen LogP contribution in [0.4, 0.5) is 4.79 Å². The third-order valence-corrected chi connectivity index (χ3v) is 6.72. The third kappa shape index (κ3) is 6.53. The Morgan fingerprint density at radius 2 is 1.70 bits per heavy atom. The highest BCUT2D eigenvalue weighted by molar-refractivity contribution is 5.97. The van der Waals surface area contributed by atoms with Crippen molar-refractivity contribution in [1.29, 1.82) is 0 Å². The van der Waals surface area contributed by atoms with Gasteiger partial charge in [0.25, 0.3) is 0 Å². The number of hydrogen-bond donors (Lipinski definition) is 0. The largest absolute Gasteiger partial charge is 0.465 e. The molecule has 0 bridgehead atoms. The number of aryl methyl sites for hydroxylation is 2. The van der Waals surface area contributed by atoms with Crippen LogP contribution in [-0.2, 0) is 29.0 Å². The summed E-state index contributed by atoms with van der Waals surface area (Å²) in [4.78, 5) is 31.5. The molecule has 1 heterocycles. The molecule has 0 aliphatic rings. The molecule has 1 aromatic heterocycles. The maximum Gasteiger partial charge on any atom is 0.410 e. The van der Waals surface area contributed by atoms with Gasteiger partial charge in [-0.25, -0.2) is 14.6 Å². The van der Waals surface area contributed by atoms with Crippen molar-refractivity contribution >= 4 is 23.1 Å². The number of fused-ring (bicyclic) bond motifs is 1. The molecule has 0 saturated heterocycles. The van der Waals surface area contributed by atoms with E-state index in [1.807, 2.05) is 51.1 Å². The molecule has 7 nitrogen and oxygen atoms in total. The maximum absolute atomic E-state index is 12.6. The van der Waals surface area contributed by atoms with Crippen molar-refractivity contribution in [3.63, 3.8) is 0 Å². The van der Waals surface area contributed by atoms with Gasteiger partial charge in [-0.1, -0.05) is 55.5 Å². The van der Waals surface area contributed by atoms with E-state index in [0.717, 1.165) is 57.5 Å². The molecule has 4 aromatic rings. The van der Waals surface area contributed by atoms with Crippen molar-refractivity contribution in [2.75, 3.05) is 14.2 Å². The number of imidazole rings is 1. The molecule has 0 radical (unpaired) electrons. The highest BCUT2D eigenvalue weighted by atomic mass is 16.6. The van der Waals surface area contributed by atoms with E-state index in [0.29, 0.717) is 18.7 Å². The van der Waals surface area contributed by atoms with Crippen LogP contribution in [0.2, 0.25) is 0 Å². The first kappa shape index (κ1) is 28.9. The Morgan fingerprint density at radius 1 is 1.00 bits per heavy atom. The fraction of sp³-hybridized carbons (Fsp3) is 0.364. The van der Waals surface area contributed by atoms with E-state index >= 15 is 0 Å². The number of hydrogen-bond acceptors (Lipinski definition) is 5. The molecular formula is C33H39N3O4. The second kappa shape index (κ2) is 11.9. The van der Waals surface area contributed by atoms with E-state index in [-0.39, 0.29) is 12.1 Å². The monoisotopic (exact) mass is 541 g/mol. The van der Waals surface area contributed by atoms with Crippen LogP contribution in [0.15, 0.2) is 60.7 Å². The number of esters is 1.